The number of rotatable bonds is 13. The van der Waals surface area contributed by atoms with Crippen molar-refractivity contribution in [1.29, 1.82) is 0 Å². The van der Waals surface area contributed by atoms with E-state index in [-0.39, 0.29) is 0 Å². The SMILES string of the molecule is CCCCCCCCCCC(C(=O)OCC)C(=O)OCC. The van der Waals surface area contributed by atoms with Crippen LogP contribution in [0.5, 0.6) is 0 Å². The first-order valence-electron chi connectivity index (χ1n) is 8.50. The number of hydrogen-bond donors (Lipinski definition) is 0. The monoisotopic (exact) mass is 300 g/mol. The van der Waals surface area contributed by atoms with Crippen LogP contribution in [0, 0.1) is 5.92 Å². The zero-order valence-corrected chi connectivity index (χ0v) is 14.0. The van der Waals surface area contributed by atoms with Gasteiger partial charge in [0.2, 0.25) is 0 Å². The highest BCUT2D eigenvalue weighted by molar-refractivity contribution is 5.94. The number of unbranched alkanes of at least 4 members (excludes halogenated alkanes) is 7. The summed E-state index contributed by atoms with van der Waals surface area (Å²) in [7, 11) is 0. The van der Waals surface area contributed by atoms with Crippen molar-refractivity contribution in [3.63, 3.8) is 0 Å². The maximum absolute atomic E-state index is 11.8. The summed E-state index contributed by atoms with van der Waals surface area (Å²) in [6, 6.07) is 0. The Kier molecular flexibility index (Phi) is 13.2. The molecule has 0 heterocycles. The molecule has 0 saturated carbocycles. The molecule has 0 aromatic rings. The highest BCUT2D eigenvalue weighted by atomic mass is 16.6. The molecule has 0 aromatic heterocycles. The van der Waals surface area contributed by atoms with Crippen LogP contribution in [0.15, 0.2) is 0 Å². The first-order valence-corrected chi connectivity index (χ1v) is 8.50. The van der Waals surface area contributed by atoms with Crippen LogP contribution in [0.2, 0.25) is 0 Å². The summed E-state index contributed by atoms with van der Waals surface area (Å²) in [5.41, 5.74) is 0. The summed E-state index contributed by atoms with van der Waals surface area (Å²) in [4.78, 5) is 23.5. The summed E-state index contributed by atoms with van der Waals surface area (Å²) < 4.78 is 9.91. The summed E-state index contributed by atoms with van der Waals surface area (Å²) in [5, 5.41) is 0. The number of esters is 2. The van der Waals surface area contributed by atoms with Gasteiger partial charge in [-0.1, -0.05) is 58.3 Å². The Hall–Kier alpha value is -1.06. The normalized spacial score (nSPS) is 10.7. The molecule has 0 atom stereocenters. The van der Waals surface area contributed by atoms with E-state index in [9.17, 15) is 9.59 Å². The molecule has 0 spiro atoms. The van der Waals surface area contributed by atoms with E-state index in [1.54, 1.807) is 13.8 Å². The Morgan fingerprint density at radius 1 is 0.714 bits per heavy atom. The minimum Gasteiger partial charge on any atom is -0.465 e. The fourth-order valence-electron chi connectivity index (χ4n) is 2.30. The smallest absolute Gasteiger partial charge is 0.320 e. The zero-order valence-electron chi connectivity index (χ0n) is 14.0. The molecule has 0 fully saturated rings. The molecule has 0 radical (unpaired) electrons. The maximum Gasteiger partial charge on any atom is 0.320 e. The molecule has 0 saturated heterocycles. The number of ether oxygens (including phenoxy) is 2. The minimum absolute atomic E-state index is 0.298. The van der Waals surface area contributed by atoms with E-state index in [4.69, 9.17) is 9.47 Å². The minimum atomic E-state index is -0.745. The van der Waals surface area contributed by atoms with Gasteiger partial charge in [-0.25, -0.2) is 0 Å². The number of carbonyl (C=O) groups excluding carboxylic acids is 2. The van der Waals surface area contributed by atoms with Crippen LogP contribution in [0.4, 0.5) is 0 Å². The van der Waals surface area contributed by atoms with Crippen LogP contribution in [0.1, 0.15) is 78.6 Å². The van der Waals surface area contributed by atoms with E-state index in [2.05, 4.69) is 6.92 Å². The van der Waals surface area contributed by atoms with Gasteiger partial charge in [-0.2, -0.15) is 0 Å². The van der Waals surface area contributed by atoms with Crippen molar-refractivity contribution < 1.29 is 19.1 Å². The van der Waals surface area contributed by atoms with Crippen LogP contribution in [-0.2, 0) is 19.1 Å². The van der Waals surface area contributed by atoms with Gasteiger partial charge in [0, 0.05) is 0 Å². The van der Waals surface area contributed by atoms with Gasteiger partial charge in [0.05, 0.1) is 13.2 Å². The fourth-order valence-corrected chi connectivity index (χ4v) is 2.30. The standard InChI is InChI=1S/C17H32O4/c1-4-7-8-9-10-11-12-13-14-15(16(18)20-5-2)17(19)21-6-3/h15H,4-14H2,1-3H3. The van der Waals surface area contributed by atoms with E-state index in [0.29, 0.717) is 19.6 Å². The van der Waals surface area contributed by atoms with E-state index >= 15 is 0 Å². The van der Waals surface area contributed by atoms with Crippen LogP contribution >= 0.6 is 0 Å². The Bertz CT molecular complexity index is 258. The molecule has 4 heteroatoms. The first-order chi connectivity index (χ1) is 10.2. The second kappa shape index (κ2) is 13.9. The Morgan fingerprint density at radius 3 is 1.57 bits per heavy atom. The highest BCUT2D eigenvalue weighted by Crippen LogP contribution is 2.16. The van der Waals surface area contributed by atoms with Gasteiger partial charge in [0.15, 0.2) is 5.92 Å². The van der Waals surface area contributed by atoms with Crippen molar-refractivity contribution in [3.05, 3.63) is 0 Å². The van der Waals surface area contributed by atoms with Crippen molar-refractivity contribution in [1.82, 2.24) is 0 Å². The van der Waals surface area contributed by atoms with Crippen molar-refractivity contribution in [2.24, 2.45) is 5.92 Å². The fraction of sp³-hybridized carbons (Fsp3) is 0.882. The van der Waals surface area contributed by atoms with Crippen molar-refractivity contribution in [2.45, 2.75) is 78.6 Å². The van der Waals surface area contributed by atoms with Gasteiger partial charge in [-0.05, 0) is 20.3 Å². The van der Waals surface area contributed by atoms with Gasteiger partial charge >= 0.3 is 11.9 Å². The molecule has 124 valence electrons. The number of carbonyl (C=O) groups is 2. The molecule has 0 bridgehead atoms. The van der Waals surface area contributed by atoms with Gasteiger partial charge in [0.25, 0.3) is 0 Å². The second-order valence-electron chi connectivity index (χ2n) is 5.32. The molecule has 0 rings (SSSR count). The number of hydrogen-bond acceptors (Lipinski definition) is 4. The average Bonchev–Trinajstić information content (AvgIpc) is 2.46. The van der Waals surface area contributed by atoms with Crippen LogP contribution in [0.25, 0.3) is 0 Å². The topological polar surface area (TPSA) is 52.6 Å². The Morgan fingerprint density at radius 2 is 1.14 bits per heavy atom. The third-order valence-corrected chi connectivity index (χ3v) is 3.49. The van der Waals surface area contributed by atoms with Crippen LogP contribution in [-0.4, -0.2) is 25.2 Å². The molecular weight excluding hydrogens is 268 g/mol. The van der Waals surface area contributed by atoms with Gasteiger partial charge < -0.3 is 9.47 Å². The third-order valence-electron chi connectivity index (χ3n) is 3.49. The van der Waals surface area contributed by atoms with Gasteiger partial charge in [-0.3, -0.25) is 9.59 Å². The predicted molar refractivity (Wildman–Crippen MR) is 84.0 cm³/mol. The molecule has 21 heavy (non-hydrogen) atoms. The van der Waals surface area contributed by atoms with Crippen LogP contribution < -0.4 is 0 Å². The van der Waals surface area contributed by atoms with E-state index in [0.717, 1.165) is 12.8 Å². The third kappa shape index (κ3) is 10.3. The molecule has 4 nitrogen and oxygen atoms in total. The molecule has 0 aliphatic rings. The van der Waals surface area contributed by atoms with Gasteiger partial charge in [-0.15, -0.1) is 0 Å². The Labute approximate surface area is 129 Å². The van der Waals surface area contributed by atoms with Crippen molar-refractivity contribution in [2.75, 3.05) is 13.2 Å². The van der Waals surface area contributed by atoms with E-state index in [1.165, 1.54) is 38.5 Å². The molecule has 0 aliphatic heterocycles. The molecule has 0 unspecified atom stereocenters. The summed E-state index contributed by atoms with van der Waals surface area (Å²) in [6.07, 6.45) is 10.0. The zero-order chi connectivity index (χ0) is 15.9. The first kappa shape index (κ1) is 19.9. The molecule has 0 aliphatic carbocycles. The van der Waals surface area contributed by atoms with Gasteiger partial charge in [0.1, 0.15) is 0 Å². The lowest BCUT2D eigenvalue weighted by Gasteiger charge is -2.14. The lowest BCUT2D eigenvalue weighted by molar-refractivity contribution is -0.161. The molecular formula is C17H32O4. The second-order valence-corrected chi connectivity index (χ2v) is 5.32. The van der Waals surface area contributed by atoms with Crippen molar-refractivity contribution >= 4 is 11.9 Å². The predicted octanol–water partition coefficient (Wildman–Crippen LogP) is 4.26. The average molecular weight is 300 g/mol. The summed E-state index contributed by atoms with van der Waals surface area (Å²) in [5.74, 6) is -1.64. The molecule has 0 amide bonds. The quantitative estimate of drug-likeness (QED) is 0.290. The molecule has 0 N–H and O–H groups in total. The Balaban J connectivity index is 3.90. The lowest BCUT2D eigenvalue weighted by atomic mass is 10.00. The van der Waals surface area contributed by atoms with Crippen LogP contribution in [0.3, 0.4) is 0 Å². The van der Waals surface area contributed by atoms with E-state index in [1.807, 2.05) is 0 Å². The highest BCUT2D eigenvalue weighted by Gasteiger charge is 2.28. The van der Waals surface area contributed by atoms with E-state index < -0.39 is 17.9 Å². The summed E-state index contributed by atoms with van der Waals surface area (Å²) in [6.45, 7) is 6.30. The molecule has 0 aromatic carbocycles. The largest absolute Gasteiger partial charge is 0.465 e. The maximum atomic E-state index is 11.8. The lowest BCUT2D eigenvalue weighted by Crippen LogP contribution is -2.28. The van der Waals surface area contributed by atoms with Crippen molar-refractivity contribution in [3.8, 4) is 0 Å². The summed E-state index contributed by atoms with van der Waals surface area (Å²) >= 11 is 0.